The van der Waals surface area contributed by atoms with Gasteiger partial charge in [0.25, 0.3) is 0 Å². The van der Waals surface area contributed by atoms with Crippen LogP contribution in [0.3, 0.4) is 0 Å². The van der Waals surface area contributed by atoms with Crippen LogP contribution in [0.15, 0.2) is 24.3 Å². The SMILES string of the molecule is Cc1cc(Cl)c2cccc(OCC3CCCCC3)c2n1. The molecule has 1 heterocycles. The van der Waals surface area contributed by atoms with Gasteiger partial charge in [0.2, 0.25) is 0 Å². The number of nitrogens with zero attached hydrogens (tertiary/aromatic N) is 1. The zero-order valence-corrected chi connectivity index (χ0v) is 12.6. The van der Waals surface area contributed by atoms with Crippen LogP contribution in [0.4, 0.5) is 0 Å². The number of benzene rings is 1. The molecule has 1 aliphatic carbocycles. The van der Waals surface area contributed by atoms with Crippen LogP contribution in [0, 0.1) is 12.8 Å². The molecule has 0 bridgehead atoms. The number of halogens is 1. The molecule has 1 aromatic heterocycles. The van der Waals surface area contributed by atoms with E-state index in [1.807, 2.05) is 31.2 Å². The zero-order valence-electron chi connectivity index (χ0n) is 11.9. The average Bonchev–Trinajstić information content (AvgIpc) is 2.46. The zero-order chi connectivity index (χ0) is 13.9. The van der Waals surface area contributed by atoms with Gasteiger partial charge in [0, 0.05) is 11.1 Å². The van der Waals surface area contributed by atoms with E-state index in [2.05, 4.69) is 4.98 Å². The molecular formula is C17H20ClNO. The van der Waals surface area contributed by atoms with Gasteiger partial charge in [0.05, 0.1) is 11.6 Å². The van der Waals surface area contributed by atoms with Gasteiger partial charge in [-0.25, -0.2) is 4.98 Å². The lowest BCUT2D eigenvalue weighted by molar-refractivity contribution is 0.210. The average molecular weight is 290 g/mol. The first-order valence-corrected chi connectivity index (χ1v) is 7.80. The molecule has 106 valence electrons. The molecule has 1 fully saturated rings. The van der Waals surface area contributed by atoms with Crippen molar-refractivity contribution >= 4 is 22.5 Å². The lowest BCUT2D eigenvalue weighted by atomic mass is 9.90. The maximum atomic E-state index is 6.29. The van der Waals surface area contributed by atoms with E-state index >= 15 is 0 Å². The van der Waals surface area contributed by atoms with Crippen LogP contribution in [-0.2, 0) is 0 Å². The van der Waals surface area contributed by atoms with E-state index in [0.29, 0.717) is 5.92 Å². The Morgan fingerprint density at radius 1 is 1.25 bits per heavy atom. The highest BCUT2D eigenvalue weighted by atomic mass is 35.5. The molecule has 0 amide bonds. The van der Waals surface area contributed by atoms with E-state index in [4.69, 9.17) is 16.3 Å². The summed E-state index contributed by atoms with van der Waals surface area (Å²) in [6, 6.07) is 7.88. The second-order valence-electron chi connectivity index (χ2n) is 5.71. The lowest BCUT2D eigenvalue weighted by Crippen LogP contribution is -2.15. The molecule has 20 heavy (non-hydrogen) atoms. The van der Waals surface area contributed by atoms with Gasteiger partial charge in [-0.3, -0.25) is 0 Å². The third kappa shape index (κ3) is 2.90. The Morgan fingerprint density at radius 2 is 2.05 bits per heavy atom. The fourth-order valence-corrected chi connectivity index (χ4v) is 3.29. The largest absolute Gasteiger partial charge is 0.491 e. The van der Waals surface area contributed by atoms with E-state index in [1.165, 1.54) is 32.1 Å². The van der Waals surface area contributed by atoms with Crippen molar-refractivity contribution in [3.05, 3.63) is 35.0 Å². The third-order valence-electron chi connectivity index (χ3n) is 4.08. The molecule has 3 heteroatoms. The molecule has 0 unspecified atom stereocenters. The van der Waals surface area contributed by atoms with Crippen LogP contribution in [-0.4, -0.2) is 11.6 Å². The summed E-state index contributed by atoms with van der Waals surface area (Å²) in [6.45, 7) is 2.76. The minimum atomic E-state index is 0.694. The maximum Gasteiger partial charge on any atom is 0.145 e. The molecule has 0 atom stereocenters. The standard InChI is InChI=1S/C17H20ClNO/c1-12-10-15(18)14-8-5-9-16(17(14)19-12)20-11-13-6-3-2-4-7-13/h5,8-10,13H,2-4,6-7,11H2,1H3. The lowest BCUT2D eigenvalue weighted by Gasteiger charge is -2.22. The topological polar surface area (TPSA) is 22.1 Å². The Hall–Kier alpha value is -1.28. The van der Waals surface area contributed by atoms with Gasteiger partial charge in [-0.05, 0) is 37.8 Å². The first-order valence-electron chi connectivity index (χ1n) is 7.43. The molecule has 0 N–H and O–H groups in total. The number of para-hydroxylation sites is 1. The third-order valence-corrected chi connectivity index (χ3v) is 4.39. The van der Waals surface area contributed by atoms with Gasteiger partial charge in [0.1, 0.15) is 11.3 Å². The molecule has 1 aliphatic rings. The molecule has 1 aromatic carbocycles. The number of aryl methyl sites for hydroxylation is 1. The Labute approximate surface area is 125 Å². The number of pyridine rings is 1. The van der Waals surface area contributed by atoms with E-state index in [-0.39, 0.29) is 0 Å². The molecule has 0 radical (unpaired) electrons. The van der Waals surface area contributed by atoms with Gasteiger partial charge >= 0.3 is 0 Å². The highest BCUT2D eigenvalue weighted by Gasteiger charge is 2.15. The molecule has 2 nitrogen and oxygen atoms in total. The summed E-state index contributed by atoms with van der Waals surface area (Å²) in [5.74, 6) is 1.55. The number of aromatic nitrogens is 1. The first kappa shape index (κ1) is 13.7. The molecule has 2 aromatic rings. The second-order valence-corrected chi connectivity index (χ2v) is 6.12. The van der Waals surface area contributed by atoms with Gasteiger partial charge in [-0.1, -0.05) is 43.0 Å². The highest BCUT2D eigenvalue weighted by molar-refractivity contribution is 6.35. The van der Waals surface area contributed by atoms with Gasteiger partial charge in [-0.15, -0.1) is 0 Å². The predicted octanol–water partition coefficient (Wildman–Crippen LogP) is 5.16. The summed E-state index contributed by atoms with van der Waals surface area (Å²) in [6.07, 6.45) is 6.64. The van der Waals surface area contributed by atoms with Crippen molar-refractivity contribution in [2.45, 2.75) is 39.0 Å². The summed E-state index contributed by atoms with van der Waals surface area (Å²) in [5, 5.41) is 1.72. The summed E-state index contributed by atoms with van der Waals surface area (Å²) in [7, 11) is 0. The highest BCUT2D eigenvalue weighted by Crippen LogP contribution is 2.31. The van der Waals surface area contributed by atoms with Crippen LogP contribution in [0.25, 0.3) is 10.9 Å². The molecule has 3 rings (SSSR count). The fourth-order valence-electron chi connectivity index (χ4n) is 2.98. The minimum absolute atomic E-state index is 0.694. The van der Waals surface area contributed by atoms with Crippen LogP contribution in [0.1, 0.15) is 37.8 Å². The van der Waals surface area contributed by atoms with Gasteiger partial charge in [-0.2, -0.15) is 0 Å². The van der Waals surface area contributed by atoms with Crippen LogP contribution in [0.2, 0.25) is 5.02 Å². The van der Waals surface area contributed by atoms with Gasteiger partial charge in [0.15, 0.2) is 0 Å². The summed E-state index contributed by atoms with van der Waals surface area (Å²) in [5.41, 5.74) is 1.81. The van der Waals surface area contributed by atoms with Crippen molar-refractivity contribution in [1.82, 2.24) is 4.98 Å². The van der Waals surface area contributed by atoms with Crippen molar-refractivity contribution in [2.24, 2.45) is 5.92 Å². The molecule has 0 saturated heterocycles. The number of ether oxygens (including phenoxy) is 1. The van der Waals surface area contributed by atoms with E-state index in [1.54, 1.807) is 0 Å². The summed E-state index contributed by atoms with van der Waals surface area (Å²) < 4.78 is 6.05. The van der Waals surface area contributed by atoms with E-state index < -0.39 is 0 Å². The molecular weight excluding hydrogens is 270 g/mol. The van der Waals surface area contributed by atoms with Crippen LogP contribution >= 0.6 is 11.6 Å². The first-order chi connectivity index (χ1) is 9.74. The van der Waals surface area contributed by atoms with Gasteiger partial charge < -0.3 is 4.74 Å². The number of hydrogen-bond acceptors (Lipinski definition) is 2. The predicted molar refractivity (Wildman–Crippen MR) is 83.6 cm³/mol. The smallest absolute Gasteiger partial charge is 0.145 e. The van der Waals surface area contributed by atoms with Crippen molar-refractivity contribution in [3.8, 4) is 5.75 Å². The minimum Gasteiger partial charge on any atom is -0.491 e. The summed E-state index contributed by atoms with van der Waals surface area (Å²) >= 11 is 6.29. The quantitative estimate of drug-likeness (QED) is 0.779. The number of fused-ring (bicyclic) bond motifs is 1. The number of rotatable bonds is 3. The maximum absolute atomic E-state index is 6.29. The van der Waals surface area contributed by atoms with Crippen LogP contribution in [0.5, 0.6) is 5.75 Å². The van der Waals surface area contributed by atoms with Crippen LogP contribution < -0.4 is 4.74 Å². The number of hydrogen-bond donors (Lipinski definition) is 0. The monoisotopic (exact) mass is 289 g/mol. The van der Waals surface area contributed by atoms with Crippen molar-refractivity contribution < 1.29 is 4.74 Å². The Balaban J connectivity index is 1.83. The van der Waals surface area contributed by atoms with E-state index in [0.717, 1.165) is 34.0 Å². The van der Waals surface area contributed by atoms with Crippen molar-refractivity contribution in [2.75, 3.05) is 6.61 Å². The van der Waals surface area contributed by atoms with E-state index in [9.17, 15) is 0 Å². The fraction of sp³-hybridized carbons (Fsp3) is 0.471. The van der Waals surface area contributed by atoms with Crippen molar-refractivity contribution in [1.29, 1.82) is 0 Å². The molecule has 1 saturated carbocycles. The Morgan fingerprint density at radius 3 is 2.85 bits per heavy atom. The normalized spacial score (nSPS) is 16.5. The van der Waals surface area contributed by atoms with Crippen molar-refractivity contribution in [3.63, 3.8) is 0 Å². The second kappa shape index (κ2) is 6.01. The Kier molecular flexibility index (Phi) is 4.11. The summed E-state index contributed by atoms with van der Waals surface area (Å²) in [4.78, 5) is 4.59. The Bertz CT molecular complexity index is 605. The molecule has 0 spiro atoms. The molecule has 0 aliphatic heterocycles.